The molecule has 0 aliphatic carbocycles. The SMILES string of the molecule is CN(c1cc(F)c(C(=O)O)cc1N)C1CCSC1. The van der Waals surface area contributed by atoms with Crippen LogP contribution in [0.5, 0.6) is 0 Å². The molecule has 4 nitrogen and oxygen atoms in total. The van der Waals surface area contributed by atoms with Gasteiger partial charge in [0.25, 0.3) is 0 Å². The van der Waals surface area contributed by atoms with Crippen molar-refractivity contribution in [2.24, 2.45) is 0 Å². The van der Waals surface area contributed by atoms with Crippen LogP contribution in [0.4, 0.5) is 15.8 Å². The van der Waals surface area contributed by atoms with Crippen LogP contribution in [0.2, 0.25) is 0 Å². The van der Waals surface area contributed by atoms with Crippen molar-refractivity contribution in [3.63, 3.8) is 0 Å². The van der Waals surface area contributed by atoms with Gasteiger partial charge in [0, 0.05) is 24.9 Å². The van der Waals surface area contributed by atoms with Crippen molar-refractivity contribution in [2.45, 2.75) is 12.5 Å². The Kier molecular flexibility index (Phi) is 3.65. The van der Waals surface area contributed by atoms with Crippen molar-refractivity contribution < 1.29 is 14.3 Å². The molecule has 0 aromatic heterocycles. The topological polar surface area (TPSA) is 66.6 Å². The van der Waals surface area contributed by atoms with E-state index in [4.69, 9.17) is 10.8 Å². The van der Waals surface area contributed by atoms with E-state index < -0.39 is 11.8 Å². The van der Waals surface area contributed by atoms with Crippen LogP contribution in [0.1, 0.15) is 16.8 Å². The molecule has 2 rings (SSSR count). The zero-order valence-corrected chi connectivity index (χ0v) is 10.8. The Bertz CT molecular complexity index is 475. The number of anilines is 2. The molecule has 1 fully saturated rings. The predicted octanol–water partition coefficient (Wildman–Crippen LogP) is 2.05. The van der Waals surface area contributed by atoms with Gasteiger partial charge in [0.1, 0.15) is 5.82 Å². The summed E-state index contributed by atoms with van der Waals surface area (Å²) in [6, 6.07) is 2.72. The van der Waals surface area contributed by atoms with Crippen LogP contribution in [-0.4, -0.2) is 35.7 Å². The van der Waals surface area contributed by atoms with Gasteiger partial charge in [-0.3, -0.25) is 0 Å². The smallest absolute Gasteiger partial charge is 0.338 e. The van der Waals surface area contributed by atoms with Gasteiger partial charge in [-0.1, -0.05) is 0 Å². The summed E-state index contributed by atoms with van der Waals surface area (Å²) < 4.78 is 13.7. The van der Waals surface area contributed by atoms with E-state index in [0.29, 0.717) is 17.4 Å². The molecule has 1 heterocycles. The minimum atomic E-state index is -1.30. The molecule has 1 unspecified atom stereocenters. The highest BCUT2D eigenvalue weighted by Crippen LogP contribution is 2.31. The number of carboxylic acid groups (broad SMARTS) is 1. The van der Waals surface area contributed by atoms with E-state index in [1.807, 2.05) is 23.7 Å². The number of carboxylic acids is 1. The molecule has 1 atom stereocenters. The molecule has 98 valence electrons. The van der Waals surface area contributed by atoms with Gasteiger partial charge in [0.05, 0.1) is 16.9 Å². The van der Waals surface area contributed by atoms with Crippen LogP contribution in [0, 0.1) is 5.82 Å². The van der Waals surface area contributed by atoms with Crippen LogP contribution in [-0.2, 0) is 0 Å². The molecule has 1 aliphatic heterocycles. The summed E-state index contributed by atoms with van der Waals surface area (Å²) in [6.07, 6.45) is 1.03. The molecule has 1 saturated heterocycles. The predicted molar refractivity (Wildman–Crippen MR) is 71.9 cm³/mol. The van der Waals surface area contributed by atoms with Crippen LogP contribution in [0.15, 0.2) is 12.1 Å². The van der Waals surface area contributed by atoms with E-state index in [2.05, 4.69) is 0 Å². The molecule has 6 heteroatoms. The van der Waals surface area contributed by atoms with E-state index in [1.165, 1.54) is 12.1 Å². The summed E-state index contributed by atoms with van der Waals surface area (Å²) >= 11 is 1.85. The second-order valence-corrected chi connectivity index (χ2v) is 5.47. The number of rotatable bonds is 3. The van der Waals surface area contributed by atoms with Gasteiger partial charge in [-0.15, -0.1) is 0 Å². The zero-order chi connectivity index (χ0) is 13.3. The van der Waals surface area contributed by atoms with Crippen LogP contribution in [0.25, 0.3) is 0 Å². The van der Waals surface area contributed by atoms with Crippen molar-refractivity contribution in [3.05, 3.63) is 23.5 Å². The maximum absolute atomic E-state index is 13.7. The first-order chi connectivity index (χ1) is 8.50. The molecule has 0 saturated carbocycles. The Morgan fingerprint density at radius 3 is 2.89 bits per heavy atom. The first-order valence-corrected chi connectivity index (χ1v) is 6.79. The molecular formula is C12H15FN2O2S. The maximum atomic E-state index is 13.7. The van der Waals surface area contributed by atoms with Gasteiger partial charge in [0.2, 0.25) is 0 Å². The van der Waals surface area contributed by atoms with Gasteiger partial charge < -0.3 is 15.7 Å². The number of thioether (sulfide) groups is 1. The molecule has 1 aliphatic rings. The lowest BCUT2D eigenvalue weighted by Gasteiger charge is -2.27. The fraction of sp³-hybridized carbons (Fsp3) is 0.417. The summed E-state index contributed by atoms with van der Waals surface area (Å²) in [5.74, 6) is 0.0251. The third kappa shape index (κ3) is 2.38. The molecule has 18 heavy (non-hydrogen) atoms. The largest absolute Gasteiger partial charge is 0.478 e. The number of hydrogen-bond acceptors (Lipinski definition) is 4. The van der Waals surface area contributed by atoms with E-state index >= 15 is 0 Å². The quantitative estimate of drug-likeness (QED) is 0.823. The van der Waals surface area contributed by atoms with E-state index in [9.17, 15) is 9.18 Å². The highest BCUT2D eigenvalue weighted by Gasteiger charge is 2.23. The highest BCUT2D eigenvalue weighted by molar-refractivity contribution is 7.99. The van der Waals surface area contributed by atoms with Crippen molar-refractivity contribution in [1.29, 1.82) is 0 Å². The monoisotopic (exact) mass is 270 g/mol. The Morgan fingerprint density at radius 1 is 1.61 bits per heavy atom. The van der Waals surface area contributed by atoms with E-state index in [1.54, 1.807) is 0 Å². The Balaban J connectivity index is 2.33. The number of nitrogen functional groups attached to an aromatic ring is 1. The molecule has 1 aromatic rings. The van der Waals surface area contributed by atoms with Gasteiger partial charge in [-0.25, -0.2) is 9.18 Å². The standard InChI is InChI=1S/C12H15FN2O2S/c1-15(7-2-3-18-6-7)11-5-9(13)8(12(16)17)4-10(11)14/h4-5,7H,2-3,6,14H2,1H3,(H,16,17). The molecule has 0 amide bonds. The Hall–Kier alpha value is -1.43. The van der Waals surface area contributed by atoms with Gasteiger partial charge in [-0.05, 0) is 18.2 Å². The number of aromatic carboxylic acids is 1. The molecule has 0 bridgehead atoms. The number of benzene rings is 1. The van der Waals surface area contributed by atoms with E-state index in [0.717, 1.165) is 17.9 Å². The summed E-state index contributed by atoms with van der Waals surface area (Å²) in [7, 11) is 1.86. The third-order valence-electron chi connectivity index (χ3n) is 3.18. The minimum absolute atomic E-state index is 0.299. The zero-order valence-electron chi connectivity index (χ0n) is 10.0. The van der Waals surface area contributed by atoms with Crippen LogP contribution >= 0.6 is 11.8 Å². The summed E-state index contributed by atoms with van der Waals surface area (Å²) in [6.45, 7) is 0. The van der Waals surface area contributed by atoms with Gasteiger partial charge in [-0.2, -0.15) is 11.8 Å². The van der Waals surface area contributed by atoms with Crippen molar-refractivity contribution >= 4 is 29.1 Å². The maximum Gasteiger partial charge on any atom is 0.338 e. The number of nitrogens with two attached hydrogens (primary N) is 1. The summed E-state index contributed by atoms with van der Waals surface area (Å²) in [5, 5.41) is 8.82. The van der Waals surface area contributed by atoms with Gasteiger partial charge in [0.15, 0.2) is 0 Å². The molecule has 0 spiro atoms. The first-order valence-electron chi connectivity index (χ1n) is 5.63. The number of nitrogens with zero attached hydrogens (tertiary/aromatic N) is 1. The minimum Gasteiger partial charge on any atom is -0.478 e. The van der Waals surface area contributed by atoms with Crippen molar-refractivity contribution in [2.75, 3.05) is 29.2 Å². The second-order valence-electron chi connectivity index (χ2n) is 4.32. The average Bonchev–Trinajstić information content (AvgIpc) is 2.84. The second kappa shape index (κ2) is 5.06. The third-order valence-corrected chi connectivity index (χ3v) is 4.32. The van der Waals surface area contributed by atoms with E-state index in [-0.39, 0.29) is 5.56 Å². The lowest BCUT2D eigenvalue weighted by Crippen LogP contribution is -2.32. The average molecular weight is 270 g/mol. The Labute approximate surface area is 109 Å². The lowest BCUT2D eigenvalue weighted by atomic mass is 10.1. The van der Waals surface area contributed by atoms with Crippen LogP contribution < -0.4 is 10.6 Å². The van der Waals surface area contributed by atoms with Crippen molar-refractivity contribution in [3.8, 4) is 0 Å². The molecule has 3 N–H and O–H groups in total. The lowest BCUT2D eigenvalue weighted by molar-refractivity contribution is 0.0692. The summed E-state index contributed by atoms with van der Waals surface area (Å²) in [5.41, 5.74) is 6.29. The number of halogens is 1. The normalized spacial score (nSPS) is 18.9. The molecular weight excluding hydrogens is 255 g/mol. The molecule has 1 aromatic carbocycles. The Morgan fingerprint density at radius 2 is 2.33 bits per heavy atom. The summed E-state index contributed by atoms with van der Waals surface area (Å²) in [4.78, 5) is 12.7. The first kappa shape index (κ1) is 13.0. The number of carbonyl (C=O) groups is 1. The molecule has 0 radical (unpaired) electrons. The number of hydrogen-bond donors (Lipinski definition) is 2. The fourth-order valence-electron chi connectivity index (χ4n) is 2.07. The fourth-order valence-corrected chi connectivity index (χ4v) is 3.34. The van der Waals surface area contributed by atoms with Crippen molar-refractivity contribution in [1.82, 2.24) is 0 Å². The highest BCUT2D eigenvalue weighted by atomic mass is 32.2. The van der Waals surface area contributed by atoms with Crippen LogP contribution in [0.3, 0.4) is 0 Å². The van der Waals surface area contributed by atoms with Gasteiger partial charge >= 0.3 is 5.97 Å².